The smallest absolute Gasteiger partial charge is 0.234 e. The first-order valence-electron chi connectivity index (χ1n) is 6.97. The first kappa shape index (κ1) is 15.1. The topological polar surface area (TPSA) is 74.1 Å². The van der Waals surface area contributed by atoms with E-state index in [0.29, 0.717) is 24.8 Å². The fraction of sp³-hybridized carbons (Fsp3) is 0.500. The number of hydrogen-bond acceptors (Lipinski definition) is 6. The average Bonchev–Trinajstić information content (AvgIpc) is 2.81. The molecule has 7 heteroatoms. The summed E-state index contributed by atoms with van der Waals surface area (Å²) in [5.41, 5.74) is 2.04. The molecule has 0 fully saturated rings. The van der Waals surface area contributed by atoms with E-state index in [2.05, 4.69) is 27.3 Å². The molecule has 0 aliphatic carbocycles. The maximum absolute atomic E-state index is 5.41. The number of anilines is 1. The van der Waals surface area contributed by atoms with Gasteiger partial charge in [0, 0.05) is 13.6 Å². The Balaban J connectivity index is 2.14. The van der Waals surface area contributed by atoms with Crippen LogP contribution in [0, 0.1) is 0 Å². The Morgan fingerprint density at radius 1 is 1.29 bits per heavy atom. The second-order valence-electron chi connectivity index (χ2n) is 4.44. The van der Waals surface area contributed by atoms with E-state index in [1.165, 1.54) is 0 Å². The van der Waals surface area contributed by atoms with E-state index < -0.39 is 0 Å². The second kappa shape index (κ2) is 6.92. The number of rotatable bonds is 7. The van der Waals surface area contributed by atoms with Gasteiger partial charge in [0.1, 0.15) is 5.82 Å². The van der Waals surface area contributed by atoms with Crippen molar-refractivity contribution in [2.45, 2.75) is 26.8 Å². The summed E-state index contributed by atoms with van der Waals surface area (Å²) in [6.07, 6.45) is 4.10. The highest BCUT2D eigenvalue weighted by molar-refractivity contribution is 5.39. The van der Waals surface area contributed by atoms with Gasteiger partial charge in [-0.25, -0.2) is 4.68 Å². The summed E-state index contributed by atoms with van der Waals surface area (Å²) < 4.78 is 12.5. The monoisotopic (exact) mass is 291 g/mol. The molecule has 21 heavy (non-hydrogen) atoms. The molecule has 7 nitrogen and oxygen atoms in total. The van der Waals surface area contributed by atoms with Gasteiger partial charge in [0.2, 0.25) is 11.8 Å². The van der Waals surface area contributed by atoms with Crippen molar-refractivity contribution in [3.05, 3.63) is 23.7 Å². The molecule has 0 bridgehead atoms. The van der Waals surface area contributed by atoms with Crippen LogP contribution < -0.4 is 14.8 Å². The van der Waals surface area contributed by atoms with Crippen molar-refractivity contribution in [3.8, 4) is 11.8 Å². The van der Waals surface area contributed by atoms with Gasteiger partial charge in [-0.3, -0.25) is 4.98 Å². The van der Waals surface area contributed by atoms with Crippen LogP contribution in [0.15, 0.2) is 12.4 Å². The Morgan fingerprint density at radius 3 is 2.76 bits per heavy atom. The number of nitrogens with one attached hydrogen (secondary N) is 1. The number of hydrogen-bond donors (Lipinski definition) is 1. The molecular formula is C14H21N5O2. The Morgan fingerprint density at radius 2 is 2.10 bits per heavy atom. The number of aromatic nitrogens is 4. The summed E-state index contributed by atoms with van der Waals surface area (Å²) in [5.74, 6) is 1.93. The van der Waals surface area contributed by atoms with Crippen molar-refractivity contribution >= 4 is 5.82 Å². The van der Waals surface area contributed by atoms with E-state index in [4.69, 9.17) is 9.47 Å². The van der Waals surface area contributed by atoms with Crippen LogP contribution in [0.3, 0.4) is 0 Å². The van der Waals surface area contributed by atoms with Crippen molar-refractivity contribution < 1.29 is 9.47 Å². The van der Waals surface area contributed by atoms with Crippen molar-refractivity contribution in [2.75, 3.05) is 19.0 Å². The lowest BCUT2D eigenvalue weighted by Crippen LogP contribution is -2.06. The molecule has 2 rings (SSSR count). The number of nitrogens with zero attached hydrogens (tertiary/aromatic N) is 4. The van der Waals surface area contributed by atoms with E-state index in [0.717, 1.165) is 23.6 Å². The van der Waals surface area contributed by atoms with Gasteiger partial charge in [-0.15, -0.1) is 0 Å². The lowest BCUT2D eigenvalue weighted by atomic mass is 10.2. The Labute approximate surface area is 124 Å². The Kier molecular flexibility index (Phi) is 4.97. The molecular weight excluding hydrogens is 270 g/mol. The molecule has 0 radical (unpaired) electrons. The Bertz CT molecular complexity index is 597. The van der Waals surface area contributed by atoms with E-state index >= 15 is 0 Å². The number of ether oxygens (including phenoxy) is 2. The molecule has 0 aliphatic heterocycles. The predicted octanol–water partition coefficient (Wildman–Crippen LogP) is 1.79. The molecule has 0 saturated carbocycles. The molecule has 0 aliphatic rings. The first-order chi connectivity index (χ1) is 10.2. The van der Waals surface area contributed by atoms with Crippen LogP contribution in [0.25, 0.3) is 0 Å². The highest BCUT2D eigenvalue weighted by Crippen LogP contribution is 2.23. The van der Waals surface area contributed by atoms with Crippen LogP contribution in [0.4, 0.5) is 5.82 Å². The predicted molar refractivity (Wildman–Crippen MR) is 79.7 cm³/mol. The standard InChI is InChI=1S/C14H21N5O2/c1-5-11-10(14(20-4)19(3)18-11)7-16-12-8-15-9-13(17-12)21-6-2/h8-9H,5-7H2,1-4H3,(H,16,17). The third kappa shape index (κ3) is 3.42. The maximum atomic E-state index is 5.41. The molecule has 0 unspecified atom stereocenters. The van der Waals surface area contributed by atoms with E-state index in [-0.39, 0.29) is 0 Å². The van der Waals surface area contributed by atoms with E-state index in [1.807, 2.05) is 14.0 Å². The summed E-state index contributed by atoms with van der Waals surface area (Å²) in [4.78, 5) is 8.44. The van der Waals surface area contributed by atoms with E-state index in [1.54, 1.807) is 24.2 Å². The molecule has 2 heterocycles. The molecule has 1 N–H and O–H groups in total. The fourth-order valence-electron chi connectivity index (χ4n) is 2.15. The quantitative estimate of drug-likeness (QED) is 0.838. The van der Waals surface area contributed by atoms with E-state index in [9.17, 15) is 0 Å². The zero-order valence-corrected chi connectivity index (χ0v) is 12.9. The molecule has 0 amide bonds. The van der Waals surface area contributed by atoms with Gasteiger partial charge in [0.25, 0.3) is 0 Å². The van der Waals surface area contributed by atoms with Crippen LogP contribution in [-0.4, -0.2) is 33.5 Å². The van der Waals surface area contributed by atoms with Crippen LogP contribution in [0.1, 0.15) is 25.1 Å². The summed E-state index contributed by atoms with van der Waals surface area (Å²) in [5, 5.41) is 7.69. The third-order valence-electron chi connectivity index (χ3n) is 3.05. The van der Waals surface area contributed by atoms with Crippen molar-refractivity contribution in [3.63, 3.8) is 0 Å². The van der Waals surface area contributed by atoms with Gasteiger partial charge in [0.15, 0.2) is 0 Å². The van der Waals surface area contributed by atoms with Gasteiger partial charge in [-0.1, -0.05) is 6.92 Å². The molecule has 2 aromatic heterocycles. The van der Waals surface area contributed by atoms with Crippen molar-refractivity contribution in [2.24, 2.45) is 7.05 Å². The molecule has 0 spiro atoms. The molecule has 0 atom stereocenters. The average molecular weight is 291 g/mol. The second-order valence-corrected chi connectivity index (χ2v) is 4.44. The van der Waals surface area contributed by atoms with Crippen molar-refractivity contribution in [1.29, 1.82) is 0 Å². The lowest BCUT2D eigenvalue weighted by molar-refractivity contribution is 0.325. The van der Waals surface area contributed by atoms with Crippen LogP contribution in [-0.2, 0) is 20.0 Å². The Hall–Kier alpha value is -2.31. The number of aryl methyl sites for hydroxylation is 2. The highest BCUT2D eigenvalue weighted by Gasteiger charge is 2.15. The summed E-state index contributed by atoms with van der Waals surface area (Å²) in [6.45, 7) is 5.12. The lowest BCUT2D eigenvalue weighted by Gasteiger charge is -2.09. The SMILES string of the molecule is CCOc1cncc(NCc2c(CC)nn(C)c2OC)n1. The molecule has 0 aromatic carbocycles. The van der Waals surface area contributed by atoms with Crippen LogP contribution in [0.5, 0.6) is 11.8 Å². The maximum Gasteiger partial charge on any atom is 0.234 e. The largest absolute Gasteiger partial charge is 0.481 e. The van der Waals surface area contributed by atoms with Gasteiger partial charge in [-0.2, -0.15) is 10.1 Å². The first-order valence-corrected chi connectivity index (χ1v) is 6.97. The molecule has 114 valence electrons. The zero-order chi connectivity index (χ0) is 15.2. The zero-order valence-electron chi connectivity index (χ0n) is 12.9. The minimum atomic E-state index is 0.511. The number of methoxy groups -OCH3 is 1. The highest BCUT2D eigenvalue weighted by atomic mass is 16.5. The normalized spacial score (nSPS) is 10.5. The summed E-state index contributed by atoms with van der Waals surface area (Å²) >= 11 is 0. The van der Waals surface area contributed by atoms with Crippen LogP contribution >= 0.6 is 0 Å². The van der Waals surface area contributed by atoms with Crippen LogP contribution in [0.2, 0.25) is 0 Å². The van der Waals surface area contributed by atoms with Gasteiger partial charge in [0.05, 0.1) is 37.4 Å². The third-order valence-corrected chi connectivity index (χ3v) is 3.05. The van der Waals surface area contributed by atoms with Gasteiger partial charge >= 0.3 is 0 Å². The van der Waals surface area contributed by atoms with Crippen molar-refractivity contribution in [1.82, 2.24) is 19.7 Å². The minimum absolute atomic E-state index is 0.511. The summed E-state index contributed by atoms with van der Waals surface area (Å²) in [6, 6.07) is 0. The summed E-state index contributed by atoms with van der Waals surface area (Å²) in [7, 11) is 3.52. The fourth-order valence-corrected chi connectivity index (χ4v) is 2.15. The molecule has 2 aromatic rings. The van der Waals surface area contributed by atoms with Gasteiger partial charge in [-0.05, 0) is 13.3 Å². The molecule has 0 saturated heterocycles. The minimum Gasteiger partial charge on any atom is -0.481 e. The van der Waals surface area contributed by atoms with Gasteiger partial charge < -0.3 is 14.8 Å².